The number of hydrogen-bond acceptors (Lipinski definition) is 2. The van der Waals surface area contributed by atoms with Gasteiger partial charge in [0.2, 0.25) is 0 Å². The highest BCUT2D eigenvalue weighted by Crippen LogP contribution is 2.22. The van der Waals surface area contributed by atoms with Crippen LogP contribution in [0.4, 0.5) is 0 Å². The van der Waals surface area contributed by atoms with Crippen molar-refractivity contribution in [2.45, 2.75) is 25.8 Å². The summed E-state index contributed by atoms with van der Waals surface area (Å²) in [5.41, 5.74) is 3.60. The van der Waals surface area contributed by atoms with E-state index < -0.39 is 5.97 Å². The summed E-state index contributed by atoms with van der Waals surface area (Å²) in [6.45, 7) is 2.17. The van der Waals surface area contributed by atoms with Gasteiger partial charge in [0.1, 0.15) is 0 Å². The van der Waals surface area contributed by atoms with Crippen LogP contribution in [0.25, 0.3) is 11.1 Å². The smallest absolute Gasteiger partial charge is 0.335 e. The Balaban J connectivity index is 2.20. The van der Waals surface area contributed by atoms with Crippen LogP contribution in [0.5, 0.6) is 0 Å². The third-order valence-electron chi connectivity index (χ3n) is 3.73. The third-order valence-corrected chi connectivity index (χ3v) is 3.73. The Morgan fingerprint density at radius 2 is 1.81 bits per heavy atom. The lowest BCUT2D eigenvalue weighted by Crippen LogP contribution is -2.21. The molecule has 0 aliphatic carbocycles. The molecule has 110 valence electrons. The molecular weight excluding hydrogens is 262 g/mol. The molecule has 3 nitrogen and oxygen atoms in total. The standard InChI is InChI=1S/C18H21NO2/c1-13(19-2)9-10-14-5-3-6-15(11-14)16-7-4-8-17(12-16)18(20)21/h3-8,11-13,19H,9-10H2,1-2H3,(H,20,21). The molecule has 0 spiro atoms. The second-order valence-corrected chi connectivity index (χ2v) is 5.31. The molecule has 0 saturated carbocycles. The molecule has 0 saturated heterocycles. The Bertz CT molecular complexity index is 622. The maximum atomic E-state index is 11.1. The van der Waals surface area contributed by atoms with Gasteiger partial charge in [-0.2, -0.15) is 0 Å². The van der Waals surface area contributed by atoms with Gasteiger partial charge in [-0.25, -0.2) is 4.79 Å². The molecule has 2 rings (SSSR count). The zero-order chi connectivity index (χ0) is 15.2. The van der Waals surface area contributed by atoms with Gasteiger partial charge in [0.25, 0.3) is 0 Å². The van der Waals surface area contributed by atoms with Gasteiger partial charge in [0, 0.05) is 6.04 Å². The minimum Gasteiger partial charge on any atom is -0.478 e. The average molecular weight is 283 g/mol. The van der Waals surface area contributed by atoms with E-state index in [1.165, 1.54) is 5.56 Å². The minimum atomic E-state index is -0.893. The van der Waals surface area contributed by atoms with Crippen molar-refractivity contribution in [3.8, 4) is 11.1 Å². The second kappa shape index (κ2) is 7.04. The van der Waals surface area contributed by atoms with Crippen molar-refractivity contribution in [1.29, 1.82) is 0 Å². The van der Waals surface area contributed by atoms with Crippen LogP contribution in [0, 0.1) is 0 Å². The quantitative estimate of drug-likeness (QED) is 0.851. The largest absolute Gasteiger partial charge is 0.478 e. The molecule has 0 bridgehead atoms. The number of benzene rings is 2. The van der Waals surface area contributed by atoms with Gasteiger partial charge in [-0.15, -0.1) is 0 Å². The van der Waals surface area contributed by atoms with E-state index in [2.05, 4.69) is 24.4 Å². The van der Waals surface area contributed by atoms with E-state index in [9.17, 15) is 4.79 Å². The van der Waals surface area contributed by atoms with Gasteiger partial charge in [-0.3, -0.25) is 0 Å². The van der Waals surface area contributed by atoms with E-state index in [1.54, 1.807) is 18.2 Å². The molecule has 0 heterocycles. The molecule has 0 radical (unpaired) electrons. The van der Waals surface area contributed by atoms with Crippen LogP contribution >= 0.6 is 0 Å². The zero-order valence-electron chi connectivity index (χ0n) is 12.5. The Hall–Kier alpha value is -2.13. The number of rotatable bonds is 6. The van der Waals surface area contributed by atoms with Gasteiger partial charge < -0.3 is 10.4 Å². The molecule has 3 heteroatoms. The van der Waals surface area contributed by atoms with Gasteiger partial charge in [-0.1, -0.05) is 36.4 Å². The van der Waals surface area contributed by atoms with Gasteiger partial charge in [0.15, 0.2) is 0 Å². The molecule has 0 aliphatic heterocycles. The number of carbonyl (C=O) groups is 1. The summed E-state index contributed by atoms with van der Waals surface area (Å²) in [5.74, 6) is -0.893. The van der Waals surface area contributed by atoms with E-state index in [1.807, 2.05) is 25.2 Å². The molecule has 0 aliphatic rings. The molecule has 1 unspecified atom stereocenters. The Kier molecular flexibility index (Phi) is 5.12. The summed E-state index contributed by atoms with van der Waals surface area (Å²) in [6, 6.07) is 15.9. The number of aromatic carboxylic acids is 1. The topological polar surface area (TPSA) is 49.3 Å². The van der Waals surface area contributed by atoms with Crippen LogP contribution in [-0.2, 0) is 6.42 Å². The molecule has 0 aromatic heterocycles. The fourth-order valence-electron chi connectivity index (χ4n) is 2.27. The molecule has 1 atom stereocenters. The van der Waals surface area contributed by atoms with Crippen LogP contribution in [0.15, 0.2) is 48.5 Å². The predicted octanol–water partition coefficient (Wildman–Crippen LogP) is 3.59. The molecular formula is C18H21NO2. The first-order valence-corrected chi connectivity index (χ1v) is 7.20. The number of carboxylic acids is 1. The van der Waals surface area contributed by atoms with Crippen LogP contribution in [0.1, 0.15) is 29.3 Å². The fourth-order valence-corrected chi connectivity index (χ4v) is 2.27. The van der Waals surface area contributed by atoms with E-state index in [4.69, 9.17) is 5.11 Å². The first-order chi connectivity index (χ1) is 10.1. The van der Waals surface area contributed by atoms with Gasteiger partial charge in [0.05, 0.1) is 5.56 Å². The summed E-state index contributed by atoms with van der Waals surface area (Å²) in [5, 5.41) is 12.3. The van der Waals surface area contributed by atoms with Crippen molar-refractivity contribution in [3.05, 3.63) is 59.7 Å². The van der Waals surface area contributed by atoms with E-state index in [0.717, 1.165) is 24.0 Å². The maximum absolute atomic E-state index is 11.1. The zero-order valence-corrected chi connectivity index (χ0v) is 12.5. The third kappa shape index (κ3) is 4.17. The van der Waals surface area contributed by atoms with Crippen LogP contribution < -0.4 is 5.32 Å². The molecule has 21 heavy (non-hydrogen) atoms. The number of hydrogen-bond donors (Lipinski definition) is 2. The van der Waals surface area contributed by atoms with E-state index in [0.29, 0.717) is 11.6 Å². The van der Waals surface area contributed by atoms with Crippen molar-refractivity contribution < 1.29 is 9.90 Å². The van der Waals surface area contributed by atoms with Gasteiger partial charge in [-0.05, 0) is 55.6 Å². The molecule has 0 amide bonds. The first kappa shape index (κ1) is 15.3. The number of aryl methyl sites for hydroxylation is 1. The van der Waals surface area contributed by atoms with Crippen molar-refractivity contribution in [3.63, 3.8) is 0 Å². The number of nitrogens with one attached hydrogen (secondary N) is 1. The van der Waals surface area contributed by atoms with E-state index >= 15 is 0 Å². The van der Waals surface area contributed by atoms with Crippen molar-refractivity contribution in [2.24, 2.45) is 0 Å². The first-order valence-electron chi connectivity index (χ1n) is 7.20. The lowest BCUT2D eigenvalue weighted by Gasteiger charge is -2.11. The molecule has 2 N–H and O–H groups in total. The highest BCUT2D eigenvalue weighted by Gasteiger charge is 2.06. The molecule has 2 aromatic rings. The summed E-state index contributed by atoms with van der Waals surface area (Å²) in [7, 11) is 1.97. The summed E-state index contributed by atoms with van der Waals surface area (Å²) in [4.78, 5) is 11.1. The maximum Gasteiger partial charge on any atom is 0.335 e. The SMILES string of the molecule is CNC(C)CCc1cccc(-c2cccc(C(=O)O)c2)c1. The van der Waals surface area contributed by atoms with E-state index in [-0.39, 0.29) is 0 Å². The second-order valence-electron chi connectivity index (χ2n) is 5.31. The number of carboxylic acid groups (broad SMARTS) is 1. The highest BCUT2D eigenvalue weighted by molar-refractivity contribution is 5.89. The highest BCUT2D eigenvalue weighted by atomic mass is 16.4. The minimum absolute atomic E-state index is 0.321. The Morgan fingerprint density at radius 1 is 1.14 bits per heavy atom. The Morgan fingerprint density at radius 3 is 2.48 bits per heavy atom. The fraction of sp³-hybridized carbons (Fsp3) is 0.278. The van der Waals surface area contributed by atoms with Crippen LogP contribution in [0.2, 0.25) is 0 Å². The van der Waals surface area contributed by atoms with Crippen LogP contribution in [-0.4, -0.2) is 24.2 Å². The predicted molar refractivity (Wildman–Crippen MR) is 85.7 cm³/mol. The monoisotopic (exact) mass is 283 g/mol. The summed E-state index contributed by atoms with van der Waals surface area (Å²) >= 11 is 0. The van der Waals surface area contributed by atoms with Crippen molar-refractivity contribution >= 4 is 5.97 Å². The summed E-state index contributed by atoms with van der Waals surface area (Å²) < 4.78 is 0. The molecule has 0 fully saturated rings. The Labute approximate surface area is 125 Å². The lowest BCUT2D eigenvalue weighted by atomic mass is 9.98. The lowest BCUT2D eigenvalue weighted by molar-refractivity contribution is 0.0697. The van der Waals surface area contributed by atoms with Crippen molar-refractivity contribution in [2.75, 3.05) is 7.05 Å². The normalized spacial score (nSPS) is 12.1. The van der Waals surface area contributed by atoms with Crippen molar-refractivity contribution in [1.82, 2.24) is 5.32 Å². The average Bonchev–Trinajstić information content (AvgIpc) is 2.53. The van der Waals surface area contributed by atoms with Gasteiger partial charge >= 0.3 is 5.97 Å². The van der Waals surface area contributed by atoms with Crippen LogP contribution in [0.3, 0.4) is 0 Å². The summed E-state index contributed by atoms with van der Waals surface area (Å²) in [6.07, 6.45) is 2.09. The molecule has 2 aromatic carbocycles.